The van der Waals surface area contributed by atoms with E-state index in [1.54, 1.807) is 0 Å². The van der Waals surface area contributed by atoms with Crippen LogP contribution in [0, 0.1) is 5.82 Å². The summed E-state index contributed by atoms with van der Waals surface area (Å²) in [5.41, 5.74) is 0. The van der Waals surface area contributed by atoms with Gasteiger partial charge in [0.05, 0.1) is 12.4 Å². The average molecular weight is 252 g/mol. The number of nitrogens with one attached hydrogen (secondary N) is 1. The summed E-state index contributed by atoms with van der Waals surface area (Å²) >= 11 is 0. The lowest BCUT2D eigenvalue weighted by molar-refractivity contribution is 0.397. The van der Waals surface area contributed by atoms with Gasteiger partial charge in [0.25, 0.3) is 0 Å². The number of hydrogen-bond acceptors (Lipinski definition) is 4. The van der Waals surface area contributed by atoms with Crippen LogP contribution in [0.15, 0.2) is 12.4 Å². The largest absolute Gasteiger partial charge is 0.339 e. The van der Waals surface area contributed by atoms with Crippen molar-refractivity contribution in [3.8, 4) is 0 Å². The van der Waals surface area contributed by atoms with Crippen molar-refractivity contribution in [2.24, 2.45) is 0 Å². The van der Waals surface area contributed by atoms with Crippen LogP contribution in [0.3, 0.4) is 0 Å². The Morgan fingerprint density at radius 3 is 2.78 bits per heavy atom. The third-order valence-electron chi connectivity index (χ3n) is 3.24. The average Bonchev–Trinajstić information content (AvgIpc) is 2.40. The monoisotopic (exact) mass is 252 g/mol. The van der Waals surface area contributed by atoms with Gasteiger partial charge in [-0.05, 0) is 25.8 Å². The first-order valence-electron chi connectivity index (χ1n) is 6.75. The molecule has 0 saturated carbocycles. The lowest BCUT2D eigenvalue weighted by Crippen LogP contribution is -2.44. The van der Waals surface area contributed by atoms with Gasteiger partial charge in [-0.2, -0.15) is 0 Å². The molecule has 1 aromatic rings. The molecule has 4 nitrogen and oxygen atoms in total. The molecule has 0 aromatic carbocycles. The normalized spacial score (nSPS) is 19.8. The molecule has 0 amide bonds. The first-order chi connectivity index (χ1) is 8.79. The molecule has 5 heteroatoms. The number of anilines is 1. The van der Waals surface area contributed by atoms with E-state index >= 15 is 0 Å². The van der Waals surface area contributed by atoms with E-state index in [0.717, 1.165) is 26.1 Å². The second-order valence-electron chi connectivity index (χ2n) is 4.79. The van der Waals surface area contributed by atoms with E-state index in [-0.39, 0.29) is 5.82 Å². The quantitative estimate of drug-likeness (QED) is 0.870. The van der Waals surface area contributed by atoms with Crippen molar-refractivity contribution >= 4 is 5.95 Å². The van der Waals surface area contributed by atoms with Gasteiger partial charge in [-0.3, -0.25) is 0 Å². The fourth-order valence-corrected chi connectivity index (χ4v) is 2.36. The molecule has 0 aliphatic carbocycles. The van der Waals surface area contributed by atoms with Gasteiger partial charge >= 0.3 is 0 Å². The summed E-state index contributed by atoms with van der Waals surface area (Å²) in [5, 5.41) is 3.52. The van der Waals surface area contributed by atoms with Crippen molar-refractivity contribution in [1.29, 1.82) is 0 Å². The van der Waals surface area contributed by atoms with Crippen LogP contribution in [-0.4, -0.2) is 35.6 Å². The van der Waals surface area contributed by atoms with E-state index in [1.807, 2.05) is 0 Å². The van der Waals surface area contributed by atoms with Crippen molar-refractivity contribution in [3.63, 3.8) is 0 Å². The third-order valence-corrected chi connectivity index (χ3v) is 3.24. The van der Waals surface area contributed by atoms with Gasteiger partial charge in [-0.15, -0.1) is 0 Å². The molecule has 1 atom stereocenters. The Morgan fingerprint density at radius 1 is 1.39 bits per heavy atom. The highest BCUT2D eigenvalue weighted by atomic mass is 19.1. The zero-order chi connectivity index (χ0) is 12.8. The summed E-state index contributed by atoms with van der Waals surface area (Å²) in [4.78, 5) is 10.3. The summed E-state index contributed by atoms with van der Waals surface area (Å²) < 4.78 is 12.8. The second kappa shape index (κ2) is 6.64. The Morgan fingerprint density at radius 2 is 2.17 bits per heavy atom. The predicted octanol–water partition coefficient (Wildman–Crippen LogP) is 1.97. The summed E-state index contributed by atoms with van der Waals surface area (Å²) in [6.07, 6.45) is 7.24. The molecule has 1 aliphatic rings. The Balaban J connectivity index is 2.00. The molecule has 100 valence electrons. The standard InChI is InChI=1S/C13H21FN4/c1-2-7-18(10-12-5-3-4-6-15-12)13-16-8-11(14)9-17-13/h8-9,12,15H,2-7,10H2,1H3. The molecule has 1 aliphatic heterocycles. The predicted molar refractivity (Wildman–Crippen MR) is 70.1 cm³/mol. The number of hydrogen-bond donors (Lipinski definition) is 1. The summed E-state index contributed by atoms with van der Waals surface area (Å²) in [6, 6.07) is 0.499. The topological polar surface area (TPSA) is 41.0 Å². The minimum atomic E-state index is -0.383. The lowest BCUT2D eigenvalue weighted by atomic mass is 10.0. The highest BCUT2D eigenvalue weighted by molar-refractivity contribution is 5.28. The van der Waals surface area contributed by atoms with Gasteiger partial charge in [0.2, 0.25) is 5.95 Å². The molecule has 18 heavy (non-hydrogen) atoms. The van der Waals surface area contributed by atoms with Crippen molar-refractivity contribution in [2.45, 2.75) is 38.6 Å². The molecule has 0 bridgehead atoms. The molecular weight excluding hydrogens is 231 g/mol. The number of aromatic nitrogens is 2. The summed E-state index contributed by atoms with van der Waals surface area (Å²) in [7, 11) is 0. The molecule has 2 rings (SSSR count). The van der Waals surface area contributed by atoms with Gasteiger partial charge in [0, 0.05) is 19.1 Å². The van der Waals surface area contributed by atoms with Crippen molar-refractivity contribution in [3.05, 3.63) is 18.2 Å². The molecule has 1 fully saturated rings. The van der Waals surface area contributed by atoms with Gasteiger partial charge in [0.15, 0.2) is 5.82 Å². The van der Waals surface area contributed by atoms with E-state index in [1.165, 1.54) is 31.7 Å². The maximum absolute atomic E-state index is 12.8. The maximum Gasteiger partial charge on any atom is 0.225 e. The SMILES string of the molecule is CCCN(CC1CCCCN1)c1ncc(F)cn1. The van der Waals surface area contributed by atoms with E-state index < -0.39 is 0 Å². The van der Waals surface area contributed by atoms with Crippen LogP contribution in [0.5, 0.6) is 0 Å². The molecule has 1 N–H and O–H groups in total. The molecule has 1 aromatic heterocycles. The van der Waals surface area contributed by atoms with Gasteiger partial charge < -0.3 is 10.2 Å². The number of piperidine rings is 1. The summed E-state index contributed by atoms with van der Waals surface area (Å²) in [5.74, 6) is 0.247. The van der Waals surface area contributed by atoms with Crippen LogP contribution in [0.25, 0.3) is 0 Å². The van der Waals surface area contributed by atoms with Gasteiger partial charge in [-0.25, -0.2) is 14.4 Å². The van der Waals surface area contributed by atoms with Crippen LogP contribution in [-0.2, 0) is 0 Å². The van der Waals surface area contributed by atoms with Crippen LogP contribution >= 0.6 is 0 Å². The molecule has 1 unspecified atom stereocenters. The Labute approximate surface area is 108 Å². The molecular formula is C13H21FN4. The minimum Gasteiger partial charge on any atom is -0.339 e. The first-order valence-corrected chi connectivity index (χ1v) is 6.75. The minimum absolute atomic E-state index is 0.383. The first kappa shape index (κ1) is 13.2. The highest BCUT2D eigenvalue weighted by Crippen LogP contribution is 2.13. The fraction of sp³-hybridized carbons (Fsp3) is 0.692. The smallest absolute Gasteiger partial charge is 0.225 e. The Bertz CT molecular complexity index is 349. The number of nitrogens with zero attached hydrogens (tertiary/aromatic N) is 3. The molecule has 0 spiro atoms. The van der Waals surface area contributed by atoms with Gasteiger partial charge in [0.1, 0.15) is 0 Å². The molecule has 0 radical (unpaired) electrons. The van der Waals surface area contributed by atoms with Crippen LogP contribution in [0.4, 0.5) is 10.3 Å². The van der Waals surface area contributed by atoms with Crippen LogP contribution in [0.2, 0.25) is 0 Å². The van der Waals surface area contributed by atoms with E-state index in [0.29, 0.717) is 12.0 Å². The van der Waals surface area contributed by atoms with Crippen molar-refractivity contribution in [2.75, 3.05) is 24.5 Å². The number of halogens is 1. The second-order valence-corrected chi connectivity index (χ2v) is 4.79. The third kappa shape index (κ3) is 3.63. The Hall–Kier alpha value is -1.23. The van der Waals surface area contributed by atoms with E-state index in [9.17, 15) is 4.39 Å². The van der Waals surface area contributed by atoms with Crippen molar-refractivity contribution < 1.29 is 4.39 Å². The van der Waals surface area contributed by atoms with E-state index in [2.05, 4.69) is 27.1 Å². The van der Waals surface area contributed by atoms with Gasteiger partial charge in [-0.1, -0.05) is 13.3 Å². The maximum atomic E-state index is 12.8. The Kier molecular flexibility index (Phi) is 4.87. The zero-order valence-corrected chi connectivity index (χ0v) is 10.9. The number of rotatable bonds is 5. The fourth-order valence-electron chi connectivity index (χ4n) is 2.36. The van der Waals surface area contributed by atoms with Crippen LogP contribution in [0.1, 0.15) is 32.6 Å². The molecule has 2 heterocycles. The van der Waals surface area contributed by atoms with Crippen molar-refractivity contribution in [1.82, 2.24) is 15.3 Å². The summed E-state index contributed by atoms with van der Waals surface area (Å²) in [6.45, 7) is 5.03. The van der Waals surface area contributed by atoms with E-state index in [4.69, 9.17) is 0 Å². The zero-order valence-electron chi connectivity index (χ0n) is 10.9. The highest BCUT2D eigenvalue weighted by Gasteiger charge is 2.18. The van der Waals surface area contributed by atoms with Crippen LogP contribution < -0.4 is 10.2 Å². The molecule has 1 saturated heterocycles. The lowest BCUT2D eigenvalue weighted by Gasteiger charge is -2.30.